The second kappa shape index (κ2) is 4.84. The fourth-order valence-corrected chi connectivity index (χ4v) is 3.97. The first kappa shape index (κ1) is 13.0. The monoisotopic (exact) mass is 300 g/mol. The quantitative estimate of drug-likeness (QED) is 0.566. The molecule has 0 aromatic carbocycles. The molecule has 2 amide bonds. The molecule has 2 fully saturated rings. The van der Waals surface area contributed by atoms with Crippen molar-refractivity contribution in [2.24, 2.45) is 0 Å². The van der Waals surface area contributed by atoms with Crippen LogP contribution in [0.25, 0.3) is 0 Å². The van der Waals surface area contributed by atoms with Crippen LogP contribution in [0.4, 0.5) is 0 Å². The molecule has 2 saturated heterocycles. The van der Waals surface area contributed by atoms with E-state index in [1.165, 1.54) is 16.7 Å². The molecule has 8 heteroatoms. The Balaban J connectivity index is 1.88. The zero-order chi connectivity index (χ0) is 13.6. The van der Waals surface area contributed by atoms with Crippen molar-refractivity contribution in [2.75, 3.05) is 26.3 Å². The zero-order valence-electron chi connectivity index (χ0n) is 10.00. The first-order valence-electron chi connectivity index (χ1n) is 5.93. The largest absolute Gasteiger partial charge is 0.378 e. The van der Waals surface area contributed by atoms with Gasteiger partial charge in [-0.15, -0.1) is 0 Å². The predicted octanol–water partition coefficient (Wildman–Crippen LogP) is -0.182. The maximum absolute atomic E-state index is 12.4. The van der Waals surface area contributed by atoms with Crippen molar-refractivity contribution < 1.29 is 19.1 Å². The molecule has 0 spiro atoms. The van der Waals surface area contributed by atoms with Crippen LogP contribution in [-0.4, -0.2) is 58.4 Å². The summed E-state index contributed by atoms with van der Waals surface area (Å²) in [5.74, 6) is -0.326. The first-order valence-corrected chi connectivity index (χ1v) is 7.25. The summed E-state index contributed by atoms with van der Waals surface area (Å²) in [5, 5.41) is -0.641. The van der Waals surface area contributed by atoms with E-state index in [9.17, 15) is 14.4 Å². The number of β-lactam (4-membered cyclic amide) rings is 1. The van der Waals surface area contributed by atoms with Crippen LogP contribution >= 0.6 is 24.4 Å². The summed E-state index contributed by atoms with van der Waals surface area (Å²) < 4.78 is 5.20. The van der Waals surface area contributed by atoms with Gasteiger partial charge in [-0.05, 0) is 0 Å². The Bertz CT molecular complexity index is 499. The lowest BCUT2D eigenvalue weighted by Gasteiger charge is -2.34. The summed E-state index contributed by atoms with van der Waals surface area (Å²) in [5.41, 5.74) is 0.145. The number of thioether (sulfide) groups is 1. The molecule has 0 aromatic rings. The minimum absolute atomic E-state index is 0.112. The fourth-order valence-electron chi connectivity index (χ4n) is 2.31. The van der Waals surface area contributed by atoms with Crippen LogP contribution in [0.3, 0.4) is 0 Å². The minimum Gasteiger partial charge on any atom is -0.378 e. The molecule has 19 heavy (non-hydrogen) atoms. The van der Waals surface area contributed by atoms with Gasteiger partial charge in [-0.1, -0.05) is 24.4 Å². The van der Waals surface area contributed by atoms with Crippen LogP contribution in [-0.2, 0) is 19.1 Å². The summed E-state index contributed by atoms with van der Waals surface area (Å²) in [6.07, 6.45) is 0.370. The van der Waals surface area contributed by atoms with Gasteiger partial charge in [0.15, 0.2) is 0 Å². The highest BCUT2D eigenvalue weighted by atomic mass is 32.2. The second-order valence-electron chi connectivity index (χ2n) is 4.43. The van der Waals surface area contributed by atoms with Crippen LogP contribution in [0, 0.1) is 0 Å². The number of fused-ring (bicyclic) bond motifs is 1. The van der Waals surface area contributed by atoms with Crippen LogP contribution in [0.1, 0.15) is 6.42 Å². The first-order chi connectivity index (χ1) is 9.09. The third kappa shape index (κ3) is 2.07. The van der Waals surface area contributed by atoms with Gasteiger partial charge in [0.05, 0.1) is 25.0 Å². The van der Waals surface area contributed by atoms with E-state index in [0.29, 0.717) is 37.6 Å². The van der Waals surface area contributed by atoms with E-state index >= 15 is 0 Å². The summed E-state index contributed by atoms with van der Waals surface area (Å²) in [6, 6.07) is 0. The summed E-state index contributed by atoms with van der Waals surface area (Å²) in [6.45, 7) is 2.02. The summed E-state index contributed by atoms with van der Waals surface area (Å²) >= 11 is 5.07. The molecule has 0 aliphatic carbocycles. The van der Waals surface area contributed by atoms with Crippen molar-refractivity contribution in [1.82, 2.24) is 9.80 Å². The van der Waals surface area contributed by atoms with Crippen molar-refractivity contribution in [1.29, 1.82) is 0 Å². The van der Waals surface area contributed by atoms with Crippen LogP contribution in [0.15, 0.2) is 10.6 Å². The van der Waals surface area contributed by atoms with Crippen LogP contribution in [0.2, 0.25) is 0 Å². The number of carbonyl (C=O) groups excluding carboxylic acids is 3. The molecule has 102 valence electrons. The Hall–Kier alpha value is -0.990. The van der Waals surface area contributed by atoms with E-state index < -0.39 is 5.12 Å². The molecule has 0 aromatic heterocycles. The van der Waals surface area contributed by atoms with Gasteiger partial charge in [0, 0.05) is 13.1 Å². The fraction of sp³-hybridized carbons (Fsp3) is 0.545. The molecular weight excluding hydrogens is 288 g/mol. The Morgan fingerprint density at radius 3 is 2.58 bits per heavy atom. The smallest absolute Gasteiger partial charge is 0.262 e. The number of thiol groups is 1. The third-order valence-electron chi connectivity index (χ3n) is 3.31. The molecular formula is C11H12N2O4S2. The molecule has 3 aliphatic heterocycles. The topological polar surface area (TPSA) is 66.9 Å². The molecule has 0 radical (unpaired) electrons. The Labute approximate surface area is 119 Å². The van der Waals surface area contributed by atoms with E-state index in [2.05, 4.69) is 12.6 Å². The maximum atomic E-state index is 12.4. The Morgan fingerprint density at radius 1 is 1.32 bits per heavy atom. The van der Waals surface area contributed by atoms with E-state index in [1.807, 2.05) is 0 Å². The molecule has 3 aliphatic rings. The lowest BCUT2D eigenvalue weighted by molar-refractivity contribution is -0.139. The van der Waals surface area contributed by atoms with Gasteiger partial charge in [-0.3, -0.25) is 19.3 Å². The van der Waals surface area contributed by atoms with Crippen molar-refractivity contribution >= 4 is 41.3 Å². The summed E-state index contributed by atoms with van der Waals surface area (Å²) in [4.78, 5) is 38.9. The Morgan fingerprint density at radius 2 is 2.00 bits per heavy atom. The van der Waals surface area contributed by atoms with E-state index in [1.54, 1.807) is 4.90 Å². The normalized spacial score (nSPS) is 26.4. The SMILES string of the molecule is O=C(S)C1=C(C(=O)N2CCOCC2)S[C@@H]2CC(=O)N12. The molecule has 0 saturated carbocycles. The average molecular weight is 300 g/mol. The van der Waals surface area contributed by atoms with Crippen LogP contribution in [0.5, 0.6) is 0 Å². The van der Waals surface area contributed by atoms with Gasteiger partial charge < -0.3 is 9.64 Å². The average Bonchev–Trinajstić information content (AvgIpc) is 2.72. The van der Waals surface area contributed by atoms with Gasteiger partial charge in [0.1, 0.15) is 10.6 Å². The Kier molecular flexibility index (Phi) is 3.32. The number of rotatable bonds is 2. The lowest BCUT2D eigenvalue weighted by atomic mass is 10.1. The standard InChI is InChI=1S/C11H12N2O4S2/c14-6-5-7-13(6)8(11(16)18)9(19-7)10(15)12-1-3-17-4-2-12/h7H,1-5H2,(H,16,18)/t7-/m1/s1. The maximum Gasteiger partial charge on any atom is 0.262 e. The van der Waals surface area contributed by atoms with E-state index in [-0.39, 0.29) is 22.9 Å². The highest BCUT2D eigenvalue weighted by molar-refractivity contribution is 8.05. The molecule has 3 rings (SSSR count). The number of nitrogens with zero attached hydrogens (tertiary/aromatic N) is 2. The van der Waals surface area contributed by atoms with Crippen LogP contribution < -0.4 is 0 Å². The van der Waals surface area contributed by atoms with Crippen molar-refractivity contribution in [3.05, 3.63) is 10.6 Å². The van der Waals surface area contributed by atoms with Gasteiger partial charge in [0.2, 0.25) is 11.0 Å². The van der Waals surface area contributed by atoms with Gasteiger partial charge in [-0.25, -0.2) is 0 Å². The number of ether oxygens (including phenoxy) is 1. The molecule has 0 bridgehead atoms. The third-order valence-corrected chi connectivity index (χ3v) is 4.78. The van der Waals surface area contributed by atoms with Crippen molar-refractivity contribution in [3.63, 3.8) is 0 Å². The van der Waals surface area contributed by atoms with E-state index in [4.69, 9.17) is 4.74 Å². The zero-order valence-corrected chi connectivity index (χ0v) is 11.7. The predicted molar refractivity (Wildman–Crippen MR) is 71.3 cm³/mol. The number of carbonyl (C=O) groups is 3. The molecule has 0 unspecified atom stereocenters. The number of hydrogen-bond donors (Lipinski definition) is 1. The highest BCUT2D eigenvalue weighted by Crippen LogP contribution is 2.47. The second-order valence-corrected chi connectivity index (χ2v) is 6.02. The summed E-state index contributed by atoms with van der Waals surface area (Å²) in [7, 11) is 0. The number of hydrogen-bond acceptors (Lipinski definition) is 5. The van der Waals surface area contributed by atoms with E-state index in [0.717, 1.165) is 0 Å². The molecule has 1 atom stereocenters. The minimum atomic E-state index is -0.528. The molecule has 0 N–H and O–H groups in total. The molecule has 6 nitrogen and oxygen atoms in total. The number of morpholine rings is 1. The van der Waals surface area contributed by atoms with Crippen molar-refractivity contribution in [3.8, 4) is 0 Å². The lowest BCUT2D eigenvalue weighted by Crippen LogP contribution is -2.48. The number of amides is 2. The molecule has 3 heterocycles. The highest BCUT2D eigenvalue weighted by Gasteiger charge is 2.49. The van der Waals surface area contributed by atoms with Crippen molar-refractivity contribution in [2.45, 2.75) is 11.8 Å². The van der Waals surface area contributed by atoms with Gasteiger partial charge in [0.25, 0.3) is 5.91 Å². The van der Waals surface area contributed by atoms with Gasteiger partial charge in [-0.2, -0.15) is 0 Å². The van der Waals surface area contributed by atoms with Gasteiger partial charge >= 0.3 is 0 Å².